The molecule has 9 rings (SSSR count). The normalized spacial score (nSPS) is 13.3. The highest BCUT2D eigenvalue weighted by atomic mass is 16.3. The number of hydrogen-bond donors (Lipinski definition) is 0. The van der Waals surface area contributed by atoms with Gasteiger partial charge < -0.3 is 4.42 Å². The molecule has 0 aliphatic rings. The van der Waals surface area contributed by atoms with Crippen molar-refractivity contribution < 1.29 is 14.0 Å². The van der Waals surface area contributed by atoms with Gasteiger partial charge in [-0.1, -0.05) is 158 Å². The van der Waals surface area contributed by atoms with Gasteiger partial charge in [-0.15, -0.1) is 0 Å². The zero-order chi connectivity index (χ0) is 38.7. The summed E-state index contributed by atoms with van der Waals surface area (Å²) < 4.78 is 65.3. The van der Waals surface area contributed by atoms with Crippen molar-refractivity contribution in [2.24, 2.45) is 0 Å². The lowest BCUT2D eigenvalue weighted by Gasteiger charge is -2.10. The summed E-state index contributed by atoms with van der Waals surface area (Å²) in [6.07, 6.45) is 0. The van der Waals surface area contributed by atoms with E-state index in [2.05, 4.69) is 24.3 Å². The fourth-order valence-electron chi connectivity index (χ4n) is 5.88. The molecular weight excluding hydrogens is 599 g/mol. The van der Waals surface area contributed by atoms with Gasteiger partial charge in [0.1, 0.15) is 11.2 Å². The predicted molar refractivity (Wildman–Crippen MR) is 200 cm³/mol. The van der Waals surface area contributed by atoms with E-state index >= 15 is 0 Å². The van der Waals surface area contributed by atoms with Crippen molar-refractivity contribution in [1.82, 2.24) is 15.0 Å². The molecule has 0 saturated carbocycles. The first-order valence-electron chi connectivity index (χ1n) is 19.3. The Labute approximate surface area is 293 Å². The van der Waals surface area contributed by atoms with Crippen molar-refractivity contribution in [2.45, 2.75) is 0 Å². The van der Waals surface area contributed by atoms with E-state index in [-0.39, 0.29) is 57.7 Å². The smallest absolute Gasteiger partial charge is 0.164 e. The maximum Gasteiger partial charge on any atom is 0.164 e. The Morgan fingerprint density at radius 2 is 0.735 bits per heavy atom. The quantitative estimate of drug-likeness (QED) is 0.183. The molecule has 4 heteroatoms. The van der Waals surface area contributed by atoms with Crippen LogP contribution in [0.15, 0.2) is 180 Å². The maximum absolute atomic E-state index is 8.97. The fraction of sp³-hybridized carbons (Fsp3) is 0. The lowest BCUT2D eigenvalue weighted by atomic mass is 9.99. The van der Waals surface area contributed by atoms with Crippen LogP contribution in [0.25, 0.3) is 89.5 Å². The lowest BCUT2D eigenvalue weighted by molar-refractivity contribution is 0.669. The van der Waals surface area contributed by atoms with Gasteiger partial charge in [-0.05, 0) is 51.5 Å². The van der Waals surface area contributed by atoms with Crippen LogP contribution in [-0.4, -0.2) is 15.0 Å². The van der Waals surface area contributed by atoms with E-state index in [1.54, 1.807) is 12.1 Å². The topological polar surface area (TPSA) is 51.8 Å². The summed E-state index contributed by atoms with van der Waals surface area (Å²) in [6.45, 7) is 0. The number of benzene rings is 7. The number of aromatic nitrogens is 3. The average molecular weight is 635 g/mol. The van der Waals surface area contributed by atoms with Gasteiger partial charge in [-0.25, -0.2) is 15.0 Å². The van der Waals surface area contributed by atoms with Crippen LogP contribution in [0.5, 0.6) is 0 Å². The van der Waals surface area contributed by atoms with Gasteiger partial charge in [0.2, 0.25) is 0 Å². The van der Waals surface area contributed by atoms with Crippen LogP contribution in [0.3, 0.4) is 0 Å². The second-order valence-electron chi connectivity index (χ2n) is 11.5. The molecule has 0 atom stereocenters. The van der Waals surface area contributed by atoms with E-state index in [9.17, 15) is 0 Å². The highest BCUT2D eigenvalue weighted by Crippen LogP contribution is 2.34. The van der Waals surface area contributed by atoms with Crippen LogP contribution in [0.2, 0.25) is 0 Å². The van der Waals surface area contributed by atoms with E-state index in [1.807, 2.05) is 97.1 Å². The minimum atomic E-state index is -0.463. The molecule has 0 N–H and O–H groups in total. The van der Waals surface area contributed by atoms with Crippen molar-refractivity contribution in [3.05, 3.63) is 176 Å². The summed E-state index contributed by atoms with van der Waals surface area (Å²) in [5.74, 6) is 1.67. The van der Waals surface area contributed by atoms with Crippen molar-refractivity contribution in [3.8, 4) is 67.5 Å². The Morgan fingerprint density at radius 3 is 1.27 bits per heavy atom. The summed E-state index contributed by atoms with van der Waals surface area (Å²) in [4.78, 5) is 14.6. The third-order valence-electron chi connectivity index (χ3n) is 8.45. The van der Waals surface area contributed by atoms with Crippen molar-refractivity contribution in [2.75, 3.05) is 0 Å². The second-order valence-corrected chi connectivity index (χ2v) is 11.5. The van der Waals surface area contributed by atoms with Crippen molar-refractivity contribution in [3.63, 3.8) is 0 Å². The van der Waals surface area contributed by atoms with Gasteiger partial charge in [-0.2, -0.15) is 0 Å². The number of nitrogens with zero attached hydrogens (tertiary/aromatic N) is 3. The molecule has 0 bridgehead atoms. The molecule has 0 aliphatic carbocycles. The zero-order valence-electron chi connectivity index (χ0n) is 33.0. The van der Waals surface area contributed by atoms with Gasteiger partial charge in [0.15, 0.2) is 17.5 Å². The Kier molecular flexibility index (Phi) is 5.47. The fourth-order valence-corrected chi connectivity index (χ4v) is 5.88. The molecule has 0 fully saturated rings. The summed E-state index contributed by atoms with van der Waals surface area (Å²) in [5.41, 5.74) is 7.12. The number of furan rings is 1. The largest absolute Gasteiger partial charge is 0.456 e. The van der Waals surface area contributed by atoms with Gasteiger partial charge in [0, 0.05) is 27.5 Å². The Balaban J connectivity index is 1.05. The average Bonchev–Trinajstić information content (AvgIpc) is 3.67. The van der Waals surface area contributed by atoms with Crippen LogP contribution in [0.4, 0.5) is 0 Å². The maximum atomic E-state index is 8.97. The third kappa shape index (κ3) is 5.56. The standard InChI is InChI=1S/C45H29N3O/c1-3-9-30(10-4-1)31-19-23-36(24-20-31)44-46-43(35-11-5-2-6-12-35)47-45(48-44)37-25-21-33(22-26-37)32-15-17-34(18-16-32)38-27-28-40-39-13-7-8-14-41(39)49-42(40)29-38/h1-29H/i7D,8D,13D,14D,27D,28D,29D. The summed E-state index contributed by atoms with van der Waals surface area (Å²) in [5, 5.41) is 0.0372. The number of para-hydroxylation sites is 1. The number of rotatable bonds is 6. The molecule has 2 aromatic heterocycles. The summed E-state index contributed by atoms with van der Waals surface area (Å²) >= 11 is 0. The summed E-state index contributed by atoms with van der Waals surface area (Å²) in [6, 6.07) is 41.1. The van der Waals surface area contributed by atoms with Crippen LogP contribution >= 0.6 is 0 Å². The monoisotopic (exact) mass is 634 g/mol. The van der Waals surface area contributed by atoms with E-state index in [4.69, 9.17) is 29.0 Å². The first kappa shape index (κ1) is 22.0. The molecule has 0 unspecified atom stereocenters. The third-order valence-corrected chi connectivity index (χ3v) is 8.45. The zero-order valence-corrected chi connectivity index (χ0v) is 26.0. The van der Waals surface area contributed by atoms with Crippen LogP contribution in [0, 0.1) is 0 Å². The molecule has 0 aliphatic heterocycles. The molecule has 0 amide bonds. The summed E-state index contributed by atoms with van der Waals surface area (Å²) in [7, 11) is 0. The molecule has 49 heavy (non-hydrogen) atoms. The lowest BCUT2D eigenvalue weighted by Crippen LogP contribution is -2.00. The predicted octanol–water partition coefficient (Wildman–Crippen LogP) is 11.8. The highest BCUT2D eigenvalue weighted by molar-refractivity contribution is 6.05. The molecule has 0 radical (unpaired) electrons. The minimum Gasteiger partial charge on any atom is -0.456 e. The SMILES string of the molecule is [2H]c1c([2H])c([2H])c2c(oc3c([2H])c(-c4ccc(-c5ccc(-c6nc(-c7ccccc7)nc(-c7ccc(-c8ccccc8)cc7)n6)cc5)cc4)c([2H])c([2H])c32)c1[2H]. The van der Waals surface area contributed by atoms with Crippen LogP contribution < -0.4 is 0 Å². The van der Waals surface area contributed by atoms with Crippen molar-refractivity contribution >= 4 is 21.9 Å². The first-order valence-corrected chi connectivity index (χ1v) is 15.8. The number of hydrogen-bond acceptors (Lipinski definition) is 4. The van der Waals surface area contributed by atoms with Crippen LogP contribution in [-0.2, 0) is 0 Å². The molecule has 230 valence electrons. The molecule has 0 saturated heterocycles. The highest BCUT2D eigenvalue weighted by Gasteiger charge is 2.13. The Morgan fingerprint density at radius 1 is 0.347 bits per heavy atom. The molecule has 0 spiro atoms. The Hall–Kier alpha value is -6.65. The van der Waals surface area contributed by atoms with E-state index < -0.39 is 12.1 Å². The van der Waals surface area contributed by atoms with Crippen molar-refractivity contribution in [1.29, 1.82) is 0 Å². The van der Waals surface area contributed by atoms with Gasteiger partial charge >= 0.3 is 0 Å². The second kappa shape index (κ2) is 12.2. The molecule has 7 aromatic carbocycles. The van der Waals surface area contributed by atoms with Gasteiger partial charge in [0.25, 0.3) is 0 Å². The first-order chi connectivity index (χ1) is 27.2. The molecule has 2 heterocycles. The Bertz CT molecular complexity index is 2950. The molecular formula is C45H29N3O. The number of fused-ring (bicyclic) bond motifs is 3. The van der Waals surface area contributed by atoms with Crippen LogP contribution in [0.1, 0.15) is 9.60 Å². The van der Waals surface area contributed by atoms with E-state index in [0.29, 0.717) is 23.0 Å². The van der Waals surface area contributed by atoms with Gasteiger partial charge in [0.05, 0.1) is 9.60 Å². The van der Waals surface area contributed by atoms with E-state index in [1.165, 1.54) is 0 Å². The minimum absolute atomic E-state index is 0.00511. The molecule has 9 aromatic rings. The van der Waals surface area contributed by atoms with E-state index in [0.717, 1.165) is 38.9 Å². The molecule has 4 nitrogen and oxygen atoms in total. The van der Waals surface area contributed by atoms with Gasteiger partial charge in [-0.3, -0.25) is 0 Å².